The Hall–Kier alpha value is -1.55. The van der Waals surface area contributed by atoms with E-state index in [1.54, 1.807) is 12.0 Å². The number of benzene rings is 1. The van der Waals surface area contributed by atoms with E-state index in [2.05, 4.69) is 0 Å². The zero-order chi connectivity index (χ0) is 15.1. The van der Waals surface area contributed by atoms with Gasteiger partial charge in [0.2, 0.25) is 5.91 Å². The number of amides is 1. The highest BCUT2D eigenvalue weighted by atomic mass is 16.5. The van der Waals surface area contributed by atoms with Crippen molar-refractivity contribution in [3.8, 4) is 5.75 Å². The number of nitrogens with zero attached hydrogens (tertiary/aromatic N) is 1. The zero-order valence-corrected chi connectivity index (χ0v) is 12.9. The minimum atomic E-state index is -0.0148. The van der Waals surface area contributed by atoms with Gasteiger partial charge in [-0.1, -0.05) is 25.1 Å². The molecular weight excluding hydrogens is 252 g/mol. The Balaban J connectivity index is 2.80. The van der Waals surface area contributed by atoms with Crippen LogP contribution in [0, 0.1) is 5.92 Å². The second kappa shape index (κ2) is 7.90. The molecule has 2 atom stereocenters. The lowest BCUT2D eigenvalue weighted by Crippen LogP contribution is -2.34. The molecule has 1 aromatic rings. The van der Waals surface area contributed by atoms with E-state index in [9.17, 15) is 4.79 Å². The average Bonchev–Trinajstić information content (AvgIpc) is 2.50. The molecule has 1 aromatic carbocycles. The van der Waals surface area contributed by atoms with Crippen molar-refractivity contribution in [1.82, 2.24) is 4.90 Å². The summed E-state index contributed by atoms with van der Waals surface area (Å²) in [7, 11) is 3.50. The molecule has 0 spiro atoms. The molecule has 2 unspecified atom stereocenters. The van der Waals surface area contributed by atoms with Crippen LogP contribution in [0.25, 0.3) is 0 Å². The van der Waals surface area contributed by atoms with Gasteiger partial charge in [0.25, 0.3) is 0 Å². The van der Waals surface area contributed by atoms with Gasteiger partial charge in [-0.05, 0) is 32.4 Å². The number of carbonyl (C=O) groups is 1. The van der Waals surface area contributed by atoms with Crippen LogP contribution >= 0.6 is 0 Å². The highest BCUT2D eigenvalue weighted by molar-refractivity contribution is 5.78. The number of para-hydroxylation sites is 1. The number of methoxy groups -OCH3 is 1. The SMILES string of the molecule is COc1ccccc1C(C)N(C)C(=O)C(C)CCCN. The zero-order valence-electron chi connectivity index (χ0n) is 12.9. The molecule has 4 nitrogen and oxygen atoms in total. The maximum absolute atomic E-state index is 12.4. The first-order valence-electron chi connectivity index (χ1n) is 7.12. The number of hydrogen-bond acceptors (Lipinski definition) is 3. The van der Waals surface area contributed by atoms with E-state index in [0.717, 1.165) is 24.2 Å². The first-order chi connectivity index (χ1) is 9.52. The van der Waals surface area contributed by atoms with Crippen molar-refractivity contribution in [1.29, 1.82) is 0 Å². The molecule has 2 N–H and O–H groups in total. The van der Waals surface area contributed by atoms with Crippen molar-refractivity contribution >= 4 is 5.91 Å². The highest BCUT2D eigenvalue weighted by Crippen LogP contribution is 2.29. The Morgan fingerprint density at radius 1 is 1.35 bits per heavy atom. The third kappa shape index (κ3) is 3.97. The van der Waals surface area contributed by atoms with Crippen molar-refractivity contribution in [2.24, 2.45) is 11.7 Å². The van der Waals surface area contributed by atoms with E-state index in [4.69, 9.17) is 10.5 Å². The van der Waals surface area contributed by atoms with Gasteiger partial charge >= 0.3 is 0 Å². The Morgan fingerprint density at radius 2 is 2.00 bits per heavy atom. The molecule has 1 amide bonds. The van der Waals surface area contributed by atoms with Crippen LogP contribution < -0.4 is 10.5 Å². The Bertz CT molecular complexity index is 434. The van der Waals surface area contributed by atoms with Gasteiger partial charge < -0.3 is 15.4 Å². The Morgan fingerprint density at radius 3 is 2.60 bits per heavy atom. The molecule has 0 aliphatic heterocycles. The number of carbonyl (C=O) groups excluding carboxylic acids is 1. The summed E-state index contributed by atoms with van der Waals surface area (Å²) in [6.07, 6.45) is 1.71. The molecule has 0 aliphatic carbocycles. The molecule has 0 aliphatic rings. The standard InChI is InChI=1S/C16H26N2O2/c1-12(8-7-11-17)16(19)18(3)13(2)14-9-5-6-10-15(14)20-4/h5-6,9-10,12-13H,7-8,11,17H2,1-4H3. The van der Waals surface area contributed by atoms with Gasteiger partial charge in [-0.3, -0.25) is 4.79 Å². The fourth-order valence-electron chi connectivity index (χ4n) is 2.31. The van der Waals surface area contributed by atoms with E-state index < -0.39 is 0 Å². The fourth-order valence-corrected chi connectivity index (χ4v) is 2.31. The predicted molar refractivity (Wildman–Crippen MR) is 81.6 cm³/mol. The number of nitrogens with two attached hydrogens (primary N) is 1. The second-order valence-electron chi connectivity index (χ2n) is 5.20. The minimum absolute atomic E-state index is 0.000655. The fraction of sp³-hybridized carbons (Fsp3) is 0.562. The summed E-state index contributed by atoms with van der Waals surface area (Å²) in [5.74, 6) is 0.965. The molecule has 4 heteroatoms. The topological polar surface area (TPSA) is 55.6 Å². The van der Waals surface area contributed by atoms with Crippen LogP contribution in [-0.4, -0.2) is 31.5 Å². The molecule has 20 heavy (non-hydrogen) atoms. The van der Waals surface area contributed by atoms with E-state index in [0.29, 0.717) is 6.54 Å². The number of ether oxygens (including phenoxy) is 1. The predicted octanol–water partition coefficient (Wildman–Crippen LogP) is 2.59. The van der Waals surface area contributed by atoms with E-state index >= 15 is 0 Å². The smallest absolute Gasteiger partial charge is 0.225 e. The van der Waals surface area contributed by atoms with Crippen molar-refractivity contribution in [2.45, 2.75) is 32.7 Å². The van der Waals surface area contributed by atoms with Crippen LogP contribution in [0.4, 0.5) is 0 Å². The first-order valence-corrected chi connectivity index (χ1v) is 7.12. The molecule has 0 fully saturated rings. The van der Waals surface area contributed by atoms with Gasteiger partial charge in [0.05, 0.1) is 13.2 Å². The molecule has 0 aromatic heterocycles. The molecule has 112 valence electrons. The van der Waals surface area contributed by atoms with Crippen LogP contribution in [0.2, 0.25) is 0 Å². The summed E-state index contributed by atoms with van der Waals surface area (Å²) in [6, 6.07) is 7.80. The lowest BCUT2D eigenvalue weighted by molar-refractivity contribution is -0.135. The Kier molecular flexibility index (Phi) is 6.52. The van der Waals surface area contributed by atoms with E-state index in [1.807, 2.05) is 45.2 Å². The van der Waals surface area contributed by atoms with E-state index in [1.165, 1.54) is 0 Å². The third-order valence-electron chi connectivity index (χ3n) is 3.78. The number of hydrogen-bond donors (Lipinski definition) is 1. The lowest BCUT2D eigenvalue weighted by atomic mass is 10.0. The third-order valence-corrected chi connectivity index (χ3v) is 3.78. The molecule has 0 saturated carbocycles. The largest absolute Gasteiger partial charge is 0.496 e. The molecule has 1 rings (SSSR count). The van der Waals surface area contributed by atoms with Crippen molar-refractivity contribution < 1.29 is 9.53 Å². The van der Waals surface area contributed by atoms with Crippen molar-refractivity contribution in [2.75, 3.05) is 20.7 Å². The molecule has 0 radical (unpaired) electrons. The average molecular weight is 278 g/mol. The van der Waals surface area contributed by atoms with Gasteiger partial charge in [-0.25, -0.2) is 0 Å². The molecular formula is C16H26N2O2. The van der Waals surface area contributed by atoms with Crippen LogP contribution in [0.5, 0.6) is 5.75 Å². The van der Waals surface area contributed by atoms with Crippen molar-refractivity contribution in [3.63, 3.8) is 0 Å². The number of rotatable bonds is 7. The van der Waals surface area contributed by atoms with Gasteiger partial charge in [0, 0.05) is 18.5 Å². The quantitative estimate of drug-likeness (QED) is 0.834. The van der Waals surface area contributed by atoms with Crippen LogP contribution in [0.15, 0.2) is 24.3 Å². The van der Waals surface area contributed by atoms with Gasteiger partial charge in [-0.2, -0.15) is 0 Å². The minimum Gasteiger partial charge on any atom is -0.496 e. The molecule has 0 heterocycles. The van der Waals surface area contributed by atoms with Gasteiger partial charge in [0.1, 0.15) is 5.75 Å². The summed E-state index contributed by atoms with van der Waals surface area (Å²) in [5.41, 5.74) is 6.53. The summed E-state index contributed by atoms with van der Waals surface area (Å²) in [6.45, 7) is 4.61. The monoisotopic (exact) mass is 278 g/mol. The van der Waals surface area contributed by atoms with Gasteiger partial charge in [0.15, 0.2) is 0 Å². The second-order valence-corrected chi connectivity index (χ2v) is 5.20. The highest BCUT2D eigenvalue weighted by Gasteiger charge is 2.23. The van der Waals surface area contributed by atoms with Gasteiger partial charge in [-0.15, -0.1) is 0 Å². The van der Waals surface area contributed by atoms with Crippen molar-refractivity contribution in [3.05, 3.63) is 29.8 Å². The molecule has 0 saturated heterocycles. The summed E-state index contributed by atoms with van der Waals surface area (Å²) >= 11 is 0. The maximum Gasteiger partial charge on any atom is 0.225 e. The van der Waals surface area contributed by atoms with E-state index in [-0.39, 0.29) is 17.9 Å². The summed E-state index contributed by atoms with van der Waals surface area (Å²) < 4.78 is 5.37. The van der Waals surface area contributed by atoms with Crippen LogP contribution in [0.3, 0.4) is 0 Å². The van der Waals surface area contributed by atoms with Crippen LogP contribution in [0.1, 0.15) is 38.3 Å². The summed E-state index contributed by atoms with van der Waals surface area (Å²) in [5, 5.41) is 0. The first kappa shape index (κ1) is 16.5. The van der Waals surface area contributed by atoms with Crippen LogP contribution in [-0.2, 0) is 4.79 Å². The molecule has 0 bridgehead atoms. The maximum atomic E-state index is 12.4. The Labute approximate surface area is 121 Å². The summed E-state index contributed by atoms with van der Waals surface area (Å²) in [4.78, 5) is 14.2. The lowest BCUT2D eigenvalue weighted by Gasteiger charge is -2.29. The normalized spacial score (nSPS) is 13.7.